The summed E-state index contributed by atoms with van der Waals surface area (Å²) < 4.78 is 17.2. The number of benzene rings is 2. The van der Waals surface area contributed by atoms with Gasteiger partial charge in [-0.2, -0.15) is 0 Å². The Morgan fingerprint density at radius 1 is 1.29 bits per heavy atom. The van der Waals surface area contributed by atoms with Crippen LogP contribution in [0.3, 0.4) is 0 Å². The van der Waals surface area contributed by atoms with Crippen molar-refractivity contribution in [2.24, 2.45) is 5.11 Å². The number of hydrogen-bond acceptors (Lipinski definition) is 8. The quantitative estimate of drug-likeness (QED) is 0.227. The maximum absolute atomic E-state index is 12.9. The molecule has 0 bridgehead atoms. The van der Waals surface area contributed by atoms with Gasteiger partial charge in [-0.3, -0.25) is 9.59 Å². The SMILES string of the molecule is COc1ccc(CO[C@@H]2C(CN=[N+]=[N-])O[C@@H](SC)C(NC(=O)c3ccccc3C=O)C2O)cc1. The third-order valence-electron chi connectivity index (χ3n) is 5.46. The lowest BCUT2D eigenvalue weighted by atomic mass is 9.96. The molecule has 0 saturated carbocycles. The highest BCUT2D eigenvalue weighted by Gasteiger charge is 2.46. The Balaban J connectivity index is 1.80. The minimum Gasteiger partial charge on any atom is -0.497 e. The Labute approximate surface area is 201 Å². The molecule has 1 heterocycles. The fourth-order valence-electron chi connectivity index (χ4n) is 3.69. The summed E-state index contributed by atoms with van der Waals surface area (Å²) in [6, 6.07) is 12.8. The second kappa shape index (κ2) is 12.4. The van der Waals surface area contributed by atoms with E-state index in [4.69, 9.17) is 19.7 Å². The summed E-state index contributed by atoms with van der Waals surface area (Å²) in [7, 11) is 1.58. The lowest BCUT2D eigenvalue weighted by Gasteiger charge is -2.44. The van der Waals surface area contributed by atoms with Gasteiger partial charge in [0.15, 0.2) is 6.29 Å². The van der Waals surface area contributed by atoms with E-state index in [1.54, 1.807) is 43.7 Å². The van der Waals surface area contributed by atoms with Crippen molar-refractivity contribution in [3.05, 3.63) is 75.7 Å². The summed E-state index contributed by atoms with van der Waals surface area (Å²) in [5.74, 6) is 0.184. The molecule has 5 atom stereocenters. The van der Waals surface area contributed by atoms with Crippen LogP contribution in [-0.2, 0) is 16.1 Å². The number of ether oxygens (including phenoxy) is 3. The van der Waals surface area contributed by atoms with Crippen molar-refractivity contribution in [1.29, 1.82) is 0 Å². The van der Waals surface area contributed by atoms with E-state index >= 15 is 0 Å². The summed E-state index contributed by atoms with van der Waals surface area (Å²) in [5.41, 5.74) is 9.40. The zero-order valence-corrected chi connectivity index (χ0v) is 19.6. The van der Waals surface area contributed by atoms with Crippen LogP contribution >= 0.6 is 11.8 Å². The van der Waals surface area contributed by atoms with Crippen molar-refractivity contribution in [2.45, 2.75) is 36.4 Å². The molecule has 1 saturated heterocycles. The van der Waals surface area contributed by atoms with Crippen LogP contribution in [0, 0.1) is 0 Å². The fourth-order valence-corrected chi connectivity index (χ4v) is 4.47. The van der Waals surface area contributed by atoms with Crippen LogP contribution in [0.1, 0.15) is 26.3 Å². The Morgan fingerprint density at radius 2 is 2.03 bits per heavy atom. The predicted molar refractivity (Wildman–Crippen MR) is 127 cm³/mol. The number of methoxy groups -OCH3 is 1. The topological polar surface area (TPSA) is 143 Å². The largest absolute Gasteiger partial charge is 0.497 e. The number of carbonyl (C=O) groups excluding carboxylic acids is 2. The minimum absolute atomic E-state index is 0.0491. The number of nitrogens with zero attached hydrogens (tertiary/aromatic N) is 3. The summed E-state index contributed by atoms with van der Waals surface area (Å²) in [6.07, 6.45) is -0.403. The first-order chi connectivity index (χ1) is 16.5. The van der Waals surface area contributed by atoms with E-state index in [9.17, 15) is 14.7 Å². The molecule has 1 fully saturated rings. The molecule has 1 aliphatic rings. The molecule has 2 aromatic carbocycles. The molecule has 34 heavy (non-hydrogen) atoms. The lowest BCUT2D eigenvalue weighted by Crippen LogP contribution is -2.63. The molecule has 2 aromatic rings. The summed E-state index contributed by atoms with van der Waals surface area (Å²) in [5, 5.41) is 17.6. The van der Waals surface area contributed by atoms with E-state index in [0.717, 1.165) is 5.56 Å². The minimum atomic E-state index is -1.17. The average molecular weight is 487 g/mol. The van der Waals surface area contributed by atoms with Gasteiger partial charge in [0.05, 0.1) is 32.4 Å². The molecule has 3 rings (SSSR count). The Kier molecular flexibility index (Phi) is 9.32. The number of aldehydes is 1. The van der Waals surface area contributed by atoms with Crippen LogP contribution in [0.15, 0.2) is 53.6 Å². The number of thioether (sulfide) groups is 1. The molecule has 0 aliphatic carbocycles. The highest BCUT2D eigenvalue weighted by Crippen LogP contribution is 2.30. The maximum Gasteiger partial charge on any atom is 0.252 e. The lowest BCUT2D eigenvalue weighted by molar-refractivity contribution is -0.180. The van der Waals surface area contributed by atoms with E-state index < -0.39 is 35.7 Å². The van der Waals surface area contributed by atoms with E-state index in [-0.39, 0.29) is 24.3 Å². The molecule has 0 spiro atoms. The van der Waals surface area contributed by atoms with Crippen molar-refractivity contribution in [1.82, 2.24) is 5.32 Å². The molecule has 2 N–H and O–H groups in total. The van der Waals surface area contributed by atoms with Gasteiger partial charge in [-0.15, -0.1) is 11.8 Å². The molecule has 11 heteroatoms. The number of carbonyl (C=O) groups is 2. The van der Waals surface area contributed by atoms with Crippen LogP contribution < -0.4 is 10.1 Å². The van der Waals surface area contributed by atoms with Gasteiger partial charge in [-0.1, -0.05) is 35.4 Å². The first-order valence-corrected chi connectivity index (χ1v) is 11.8. The van der Waals surface area contributed by atoms with Crippen molar-refractivity contribution in [3.8, 4) is 5.75 Å². The smallest absolute Gasteiger partial charge is 0.252 e. The van der Waals surface area contributed by atoms with Crippen LogP contribution in [0.5, 0.6) is 5.75 Å². The fraction of sp³-hybridized carbons (Fsp3) is 0.391. The zero-order chi connectivity index (χ0) is 24.5. The highest BCUT2D eigenvalue weighted by atomic mass is 32.2. The Morgan fingerprint density at radius 3 is 2.68 bits per heavy atom. The first-order valence-electron chi connectivity index (χ1n) is 10.5. The van der Waals surface area contributed by atoms with Gasteiger partial charge in [0.25, 0.3) is 5.91 Å². The third-order valence-corrected chi connectivity index (χ3v) is 6.33. The van der Waals surface area contributed by atoms with Gasteiger partial charge in [-0.05, 0) is 35.5 Å². The predicted octanol–water partition coefficient (Wildman–Crippen LogP) is 2.95. The van der Waals surface area contributed by atoms with E-state index in [1.165, 1.54) is 17.8 Å². The van der Waals surface area contributed by atoms with Crippen molar-refractivity contribution < 1.29 is 28.9 Å². The summed E-state index contributed by atoms with van der Waals surface area (Å²) in [4.78, 5) is 27.1. The van der Waals surface area contributed by atoms with Gasteiger partial charge in [-0.25, -0.2) is 0 Å². The molecule has 180 valence electrons. The first kappa shape index (κ1) is 25.5. The van der Waals surface area contributed by atoms with Crippen molar-refractivity contribution >= 4 is 24.0 Å². The number of amides is 1. The van der Waals surface area contributed by atoms with Gasteiger partial charge in [0.2, 0.25) is 0 Å². The van der Waals surface area contributed by atoms with Gasteiger partial charge < -0.3 is 24.6 Å². The molecule has 3 unspecified atom stereocenters. The maximum atomic E-state index is 12.9. The number of rotatable bonds is 10. The Hall–Kier alpha value is -3.08. The molecule has 1 amide bonds. The van der Waals surface area contributed by atoms with Crippen LogP contribution in [0.4, 0.5) is 0 Å². The Bertz CT molecular complexity index is 1030. The molecular formula is C23H26N4O6S. The molecule has 0 aromatic heterocycles. The van der Waals surface area contributed by atoms with Crippen molar-refractivity contribution in [2.75, 3.05) is 19.9 Å². The second-order valence-electron chi connectivity index (χ2n) is 7.51. The molecule has 1 aliphatic heterocycles. The molecular weight excluding hydrogens is 460 g/mol. The average Bonchev–Trinajstić information content (AvgIpc) is 2.88. The van der Waals surface area contributed by atoms with Gasteiger partial charge >= 0.3 is 0 Å². The standard InChI is InChI=1S/C23H26N4O6S/c1-31-16-9-7-14(8-10-16)13-32-21-18(11-25-27-24)33-23(34-2)19(20(21)29)26-22(30)17-6-4-3-5-15(17)12-28/h3-10,12,18-21,23,29H,11,13H2,1-2H3,(H,26,30)/t18?,19?,20?,21-,23+/m1/s1. The number of hydrogen-bond donors (Lipinski definition) is 2. The van der Waals surface area contributed by atoms with Gasteiger partial charge in [0.1, 0.15) is 23.4 Å². The van der Waals surface area contributed by atoms with E-state index in [1.807, 2.05) is 12.1 Å². The third kappa shape index (κ3) is 6.07. The number of aliphatic hydroxyl groups excluding tert-OH is 1. The normalized spacial score (nSPS) is 24.0. The number of azide groups is 1. The van der Waals surface area contributed by atoms with E-state index in [2.05, 4.69) is 15.3 Å². The van der Waals surface area contributed by atoms with Crippen LogP contribution in [0.25, 0.3) is 10.4 Å². The number of nitrogens with one attached hydrogen (secondary N) is 1. The molecule has 0 radical (unpaired) electrons. The van der Waals surface area contributed by atoms with E-state index in [0.29, 0.717) is 12.0 Å². The zero-order valence-electron chi connectivity index (χ0n) is 18.7. The van der Waals surface area contributed by atoms with Crippen molar-refractivity contribution in [3.63, 3.8) is 0 Å². The monoisotopic (exact) mass is 486 g/mol. The van der Waals surface area contributed by atoms with Crippen LogP contribution in [-0.4, -0.2) is 67.0 Å². The van der Waals surface area contributed by atoms with Crippen LogP contribution in [0.2, 0.25) is 0 Å². The number of aliphatic hydroxyl groups is 1. The molecule has 10 nitrogen and oxygen atoms in total. The van der Waals surface area contributed by atoms with Gasteiger partial charge in [0, 0.05) is 16.0 Å². The summed E-state index contributed by atoms with van der Waals surface area (Å²) in [6.45, 7) is 0.104. The second-order valence-corrected chi connectivity index (χ2v) is 8.45. The summed E-state index contributed by atoms with van der Waals surface area (Å²) >= 11 is 1.29. The highest BCUT2D eigenvalue weighted by molar-refractivity contribution is 7.99.